The van der Waals surface area contributed by atoms with E-state index in [1.54, 1.807) is 6.33 Å². The molecule has 3 rings (SSSR count). The SMILES string of the molecule is CCNC(=NCc1c(C)nn(C)c1C)N1CCC(c2ncn[nH]2)CC1. The van der Waals surface area contributed by atoms with Crippen LogP contribution in [0.25, 0.3) is 0 Å². The molecule has 0 saturated carbocycles. The van der Waals surface area contributed by atoms with Gasteiger partial charge in [-0.1, -0.05) is 0 Å². The summed E-state index contributed by atoms with van der Waals surface area (Å²) < 4.78 is 1.93. The summed E-state index contributed by atoms with van der Waals surface area (Å²) in [7, 11) is 1.98. The molecule has 2 N–H and O–H groups in total. The lowest BCUT2D eigenvalue weighted by molar-refractivity contribution is 0.299. The Kier molecular flexibility index (Phi) is 5.35. The lowest BCUT2D eigenvalue weighted by Crippen LogP contribution is -2.45. The number of nitrogens with one attached hydrogen (secondary N) is 2. The minimum atomic E-state index is 0.462. The summed E-state index contributed by atoms with van der Waals surface area (Å²) in [6.45, 7) is 9.73. The zero-order valence-corrected chi connectivity index (χ0v) is 15.6. The quantitative estimate of drug-likeness (QED) is 0.648. The van der Waals surface area contributed by atoms with Gasteiger partial charge in [-0.15, -0.1) is 0 Å². The summed E-state index contributed by atoms with van der Waals surface area (Å²) >= 11 is 0. The summed E-state index contributed by atoms with van der Waals surface area (Å²) in [5.74, 6) is 2.45. The molecule has 1 aliphatic rings. The Bertz CT molecular complexity index is 707. The van der Waals surface area contributed by atoms with Gasteiger partial charge in [0.1, 0.15) is 12.2 Å². The van der Waals surface area contributed by atoms with Gasteiger partial charge < -0.3 is 10.2 Å². The molecule has 1 aliphatic heterocycles. The molecule has 8 nitrogen and oxygen atoms in total. The minimum absolute atomic E-state index is 0.462. The highest BCUT2D eigenvalue weighted by molar-refractivity contribution is 5.80. The molecule has 8 heteroatoms. The van der Waals surface area contributed by atoms with Crippen molar-refractivity contribution in [3.8, 4) is 0 Å². The van der Waals surface area contributed by atoms with Gasteiger partial charge in [0.05, 0.1) is 12.2 Å². The number of hydrogen-bond donors (Lipinski definition) is 2. The number of likely N-dealkylation sites (tertiary alicyclic amines) is 1. The van der Waals surface area contributed by atoms with E-state index in [2.05, 4.69) is 44.3 Å². The van der Waals surface area contributed by atoms with Crippen molar-refractivity contribution in [2.24, 2.45) is 12.0 Å². The van der Waals surface area contributed by atoms with Crippen molar-refractivity contribution in [2.75, 3.05) is 19.6 Å². The topological polar surface area (TPSA) is 87.0 Å². The van der Waals surface area contributed by atoms with Crippen molar-refractivity contribution >= 4 is 5.96 Å². The fourth-order valence-electron chi connectivity index (χ4n) is 3.40. The molecule has 0 spiro atoms. The average Bonchev–Trinajstić information content (AvgIpc) is 3.22. The predicted octanol–water partition coefficient (Wildman–Crippen LogP) is 1.50. The monoisotopic (exact) mass is 344 g/mol. The number of aromatic nitrogens is 5. The predicted molar refractivity (Wildman–Crippen MR) is 97.4 cm³/mol. The number of aromatic amines is 1. The molecule has 3 heterocycles. The van der Waals surface area contributed by atoms with Crippen LogP contribution < -0.4 is 5.32 Å². The fourth-order valence-corrected chi connectivity index (χ4v) is 3.40. The maximum atomic E-state index is 4.87. The van der Waals surface area contributed by atoms with Crippen molar-refractivity contribution < 1.29 is 0 Å². The van der Waals surface area contributed by atoms with Gasteiger partial charge in [-0.3, -0.25) is 9.78 Å². The number of H-pyrrole nitrogens is 1. The van der Waals surface area contributed by atoms with E-state index < -0.39 is 0 Å². The Morgan fingerprint density at radius 3 is 2.68 bits per heavy atom. The van der Waals surface area contributed by atoms with Crippen LogP contribution in [0.4, 0.5) is 0 Å². The lowest BCUT2D eigenvalue weighted by atomic mass is 9.96. The van der Waals surface area contributed by atoms with Crippen molar-refractivity contribution in [3.63, 3.8) is 0 Å². The summed E-state index contributed by atoms with van der Waals surface area (Å²) in [5.41, 5.74) is 3.46. The summed E-state index contributed by atoms with van der Waals surface area (Å²) in [6, 6.07) is 0. The summed E-state index contributed by atoms with van der Waals surface area (Å²) in [6.07, 6.45) is 3.71. The third-order valence-corrected chi connectivity index (χ3v) is 5.00. The minimum Gasteiger partial charge on any atom is -0.357 e. The molecule has 0 amide bonds. The van der Waals surface area contributed by atoms with Crippen LogP contribution in [0.5, 0.6) is 0 Å². The Balaban J connectivity index is 1.67. The lowest BCUT2D eigenvalue weighted by Gasteiger charge is -2.33. The number of aryl methyl sites for hydroxylation is 2. The molecular formula is C17H28N8. The number of hydrogen-bond acceptors (Lipinski definition) is 4. The number of nitrogens with zero attached hydrogens (tertiary/aromatic N) is 6. The number of guanidine groups is 1. The maximum Gasteiger partial charge on any atom is 0.194 e. The third-order valence-electron chi connectivity index (χ3n) is 5.00. The van der Waals surface area contributed by atoms with Gasteiger partial charge >= 0.3 is 0 Å². The van der Waals surface area contributed by atoms with E-state index in [-0.39, 0.29) is 0 Å². The molecule has 25 heavy (non-hydrogen) atoms. The molecule has 1 saturated heterocycles. The highest BCUT2D eigenvalue weighted by Crippen LogP contribution is 2.25. The summed E-state index contributed by atoms with van der Waals surface area (Å²) in [5, 5.41) is 14.9. The first-order valence-electron chi connectivity index (χ1n) is 8.97. The molecule has 2 aromatic heterocycles. The Labute approximate surface area is 148 Å². The van der Waals surface area contributed by atoms with E-state index in [9.17, 15) is 0 Å². The second kappa shape index (κ2) is 7.67. The van der Waals surface area contributed by atoms with Crippen LogP contribution in [0.15, 0.2) is 11.3 Å². The van der Waals surface area contributed by atoms with Gasteiger partial charge in [0.15, 0.2) is 5.96 Å². The van der Waals surface area contributed by atoms with Gasteiger partial charge in [0.2, 0.25) is 0 Å². The molecule has 0 atom stereocenters. The Hall–Kier alpha value is -2.38. The van der Waals surface area contributed by atoms with Gasteiger partial charge in [-0.25, -0.2) is 9.98 Å². The van der Waals surface area contributed by atoms with E-state index in [1.807, 2.05) is 18.7 Å². The third kappa shape index (κ3) is 3.83. The Morgan fingerprint density at radius 2 is 2.12 bits per heavy atom. The standard InChI is InChI=1S/C17H28N8/c1-5-18-17(19-10-15-12(2)23-24(4)13(15)3)25-8-6-14(7-9-25)16-20-11-21-22-16/h11,14H,5-10H2,1-4H3,(H,18,19)(H,20,21,22). The van der Waals surface area contributed by atoms with Gasteiger partial charge in [-0.05, 0) is 33.6 Å². The number of piperidine rings is 1. The van der Waals surface area contributed by atoms with Crippen LogP contribution in [-0.2, 0) is 13.6 Å². The van der Waals surface area contributed by atoms with Crippen molar-refractivity contribution in [1.82, 2.24) is 35.2 Å². The molecule has 0 bridgehead atoms. The van der Waals surface area contributed by atoms with Crippen molar-refractivity contribution in [1.29, 1.82) is 0 Å². The van der Waals surface area contributed by atoms with Crippen molar-refractivity contribution in [2.45, 2.75) is 46.1 Å². The van der Waals surface area contributed by atoms with Crippen LogP contribution in [0.3, 0.4) is 0 Å². The van der Waals surface area contributed by atoms with Crippen LogP contribution in [0.1, 0.15) is 48.5 Å². The summed E-state index contributed by atoms with van der Waals surface area (Å²) in [4.78, 5) is 11.5. The van der Waals surface area contributed by atoms with E-state index in [0.717, 1.165) is 50.0 Å². The first-order valence-corrected chi connectivity index (χ1v) is 8.97. The van der Waals surface area contributed by atoms with E-state index in [4.69, 9.17) is 4.99 Å². The second-order valence-corrected chi connectivity index (χ2v) is 6.58. The molecule has 1 fully saturated rings. The second-order valence-electron chi connectivity index (χ2n) is 6.58. The van der Waals surface area contributed by atoms with Gasteiger partial charge in [0.25, 0.3) is 0 Å². The molecule has 2 aromatic rings. The zero-order chi connectivity index (χ0) is 17.8. The van der Waals surface area contributed by atoms with E-state index in [0.29, 0.717) is 12.5 Å². The average molecular weight is 344 g/mol. The highest BCUT2D eigenvalue weighted by atomic mass is 15.3. The Morgan fingerprint density at radius 1 is 1.36 bits per heavy atom. The fraction of sp³-hybridized carbons (Fsp3) is 0.647. The van der Waals surface area contributed by atoms with Crippen LogP contribution in [-0.4, -0.2) is 55.5 Å². The molecule has 0 radical (unpaired) electrons. The van der Waals surface area contributed by atoms with Gasteiger partial charge in [-0.2, -0.15) is 10.2 Å². The molecule has 0 unspecified atom stereocenters. The van der Waals surface area contributed by atoms with Gasteiger partial charge in [0, 0.05) is 43.9 Å². The van der Waals surface area contributed by atoms with Crippen molar-refractivity contribution in [3.05, 3.63) is 29.1 Å². The molecule has 136 valence electrons. The molecule has 0 aliphatic carbocycles. The maximum absolute atomic E-state index is 4.87. The first kappa shape index (κ1) is 17.4. The van der Waals surface area contributed by atoms with E-state index >= 15 is 0 Å². The largest absolute Gasteiger partial charge is 0.357 e. The smallest absolute Gasteiger partial charge is 0.194 e. The van der Waals surface area contributed by atoms with Crippen LogP contribution in [0, 0.1) is 13.8 Å². The number of rotatable bonds is 4. The molecular weight excluding hydrogens is 316 g/mol. The zero-order valence-electron chi connectivity index (χ0n) is 15.6. The normalized spacial score (nSPS) is 16.5. The first-order chi connectivity index (χ1) is 12.1. The van der Waals surface area contributed by atoms with E-state index in [1.165, 1.54) is 11.3 Å². The highest BCUT2D eigenvalue weighted by Gasteiger charge is 2.24. The number of aliphatic imine (C=N–C) groups is 1. The molecule has 0 aromatic carbocycles. The van der Waals surface area contributed by atoms with Crippen LogP contribution >= 0.6 is 0 Å². The van der Waals surface area contributed by atoms with Crippen LogP contribution in [0.2, 0.25) is 0 Å².